The molecule has 6 nitrogen and oxygen atoms in total. The normalized spacial score (nSPS) is 16.7. The summed E-state index contributed by atoms with van der Waals surface area (Å²) < 4.78 is 5.73. The summed E-state index contributed by atoms with van der Waals surface area (Å²) >= 11 is 5.50. The van der Waals surface area contributed by atoms with E-state index < -0.39 is 0 Å². The van der Waals surface area contributed by atoms with Crippen molar-refractivity contribution < 1.29 is 4.74 Å². The minimum Gasteiger partial charge on any atom is -0.376 e. The zero-order chi connectivity index (χ0) is 17.6. The van der Waals surface area contributed by atoms with Crippen LogP contribution in [0.4, 0.5) is 0 Å². The van der Waals surface area contributed by atoms with Crippen molar-refractivity contribution in [1.29, 1.82) is 0 Å². The van der Waals surface area contributed by atoms with Crippen molar-refractivity contribution in [3.8, 4) is 0 Å². The van der Waals surface area contributed by atoms with E-state index in [2.05, 4.69) is 21.9 Å². The van der Waals surface area contributed by atoms with Crippen LogP contribution in [0.3, 0.4) is 0 Å². The van der Waals surface area contributed by atoms with Gasteiger partial charge in [0.2, 0.25) is 0 Å². The van der Waals surface area contributed by atoms with Gasteiger partial charge in [0, 0.05) is 19.7 Å². The first-order valence-electron chi connectivity index (χ1n) is 8.40. The second-order valence-corrected chi connectivity index (χ2v) is 6.41. The molecule has 2 heterocycles. The molecule has 25 heavy (non-hydrogen) atoms. The predicted molar refractivity (Wildman–Crippen MR) is 103 cm³/mol. The molecule has 3 rings (SSSR count). The van der Waals surface area contributed by atoms with Gasteiger partial charge in [-0.15, -0.1) is 6.58 Å². The van der Waals surface area contributed by atoms with Crippen LogP contribution in [0.1, 0.15) is 18.7 Å². The molecule has 1 atom stereocenters. The number of ether oxygens (including phenoxy) is 1. The number of nitrogens with one attached hydrogen (secondary N) is 2. The quantitative estimate of drug-likeness (QED) is 0.608. The van der Waals surface area contributed by atoms with Gasteiger partial charge in [-0.25, -0.2) is 4.98 Å². The molecular formula is C18H22N4O2S. The molecule has 1 aromatic heterocycles. The number of nitrogens with zero attached hydrogens (tertiary/aromatic N) is 2. The maximum absolute atomic E-state index is 12.3. The van der Waals surface area contributed by atoms with Gasteiger partial charge in [-0.05, 0) is 37.2 Å². The van der Waals surface area contributed by atoms with Gasteiger partial charge in [-0.2, -0.15) is 0 Å². The zero-order valence-electron chi connectivity index (χ0n) is 14.0. The number of aromatic nitrogens is 2. The highest BCUT2D eigenvalue weighted by Crippen LogP contribution is 2.15. The molecule has 2 N–H and O–H groups in total. The molecule has 1 saturated heterocycles. The summed E-state index contributed by atoms with van der Waals surface area (Å²) in [6, 6.07) is 7.31. The van der Waals surface area contributed by atoms with Gasteiger partial charge in [0.25, 0.3) is 5.56 Å². The molecule has 1 aliphatic rings. The van der Waals surface area contributed by atoms with E-state index in [9.17, 15) is 4.79 Å². The molecule has 0 unspecified atom stereocenters. The predicted octanol–water partition coefficient (Wildman–Crippen LogP) is 1.96. The summed E-state index contributed by atoms with van der Waals surface area (Å²) in [4.78, 5) is 21.7. The van der Waals surface area contributed by atoms with Crippen LogP contribution in [0.15, 0.2) is 41.7 Å². The summed E-state index contributed by atoms with van der Waals surface area (Å²) in [6.07, 6.45) is 3.99. The van der Waals surface area contributed by atoms with Crippen LogP contribution in [0, 0.1) is 0 Å². The lowest BCUT2D eigenvalue weighted by molar-refractivity contribution is 0.0893. The van der Waals surface area contributed by atoms with Crippen molar-refractivity contribution in [3.63, 3.8) is 0 Å². The summed E-state index contributed by atoms with van der Waals surface area (Å²) in [7, 11) is 0. The fourth-order valence-electron chi connectivity index (χ4n) is 2.92. The van der Waals surface area contributed by atoms with E-state index in [1.807, 2.05) is 23.1 Å². The average Bonchev–Trinajstić information content (AvgIpc) is 3.12. The molecule has 2 aromatic rings. The number of fused-ring (bicyclic) bond motifs is 1. The lowest BCUT2D eigenvalue weighted by Crippen LogP contribution is -2.43. The number of aromatic amines is 1. The van der Waals surface area contributed by atoms with Gasteiger partial charge < -0.3 is 19.9 Å². The van der Waals surface area contributed by atoms with Crippen LogP contribution in [0.2, 0.25) is 0 Å². The Bertz CT molecular complexity index is 814. The largest absolute Gasteiger partial charge is 0.376 e. The molecule has 0 saturated carbocycles. The first kappa shape index (κ1) is 17.6. The fraction of sp³-hybridized carbons (Fsp3) is 0.389. The molecule has 0 bridgehead atoms. The first-order chi connectivity index (χ1) is 12.2. The third-order valence-corrected chi connectivity index (χ3v) is 4.54. The van der Waals surface area contributed by atoms with Gasteiger partial charge in [0.1, 0.15) is 5.82 Å². The van der Waals surface area contributed by atoms with Crippen molar-refractivity contribution in [2.24, 2.45) is 0 Å². The molecule has 0 spiro atoms. The van der Waals surface area contributed by atoms with Crippen LogP contribution in [-0.4, -0.2) is 45.8 Å². The van der Waals surface area contributed by atoms with Crippen LogP contribution in [-0.2, 0) is 11.3 Å². The Kier molecular flexibility index (Phi) is 5.78. The Morgan fingerprint density at radius 1 is 1.52 bits per heavy atom. The standard InChI is InChI=1S/C18H22N4O2S/c1-2-9-19-18(25)22(11-13-6-5-10-24-13)12-16-20-15-8-4-3-7-14(15)17(23)21-16/h2-4,7-8,13H,1,5-6,9-12H2,(H,19,25)(H,20,21,23)/t13-/m0/s1. The number of benzene rings is 1. The zero-order valence-corrected chi connectivity index (χ0v) is 14.8. The summed E-state index contributed by atoms with van der Waals surface area (Å²) in [5.74, 6) is 0.587. The Hall–Kier alpha value is -2.25. The number of rotatable bonds is 6. The number of hydrogen-bond donors (Lipinski definition) is 2. The van der Waals surface area contributed by atoms with Crippen molar-refractivity contribution in [3.05, 3.63) is 53.1 Å². The van der Waals surface area contributed by atoms with Gasteiger partial charge in [-0.1, -0.05) is 18.2 Å². The molecule has 0 radical (unpaired) electrons. The third-order valence-electron chi connectivity index (χ3n) is 4.14. The van der Waals surface area contributed by atoms with E-state index in [0.717, 1.165) is 19.4 Å². The van der Waals surface area contributed by atoms with E-state index in [0.29, 0.717) is 41.5 Å². The lowest BCUT2D eigenvalue weighted by atomic mass is 10.2. The third kappa shape index (κ3) is 4.43. The Morgan fingerprint density at radius 2 is 2.36 bits per heavy atom. The lowest BCUT2D eigenvalue weighted by Gasteiger charge is -2.27. The van der Waals surface area contributed by atoms with E-state index in [-0.39, 0.29) is 11.7 Å². The van der Waals surface area contributed by atoms with Crippen LogP contribution in [0.25, 0.3) is 10.9 Å². The van der Waals surface area contributed by atoms with Crippen LogP contribution >= 0.6 is 12.2 Å². The van der Waals surface area contributed by atoms with E-state index in [1.165, 1.54) is 0 Å². The highest BCUT2D eigenvalue weighted by Gasteiger charge is 2.21. The minimum absolute atomic E-state index is 0.136. The molecule has 1 aliphatic heterocycles. The minimum atomic E-state index is -0.136. The SMILES string of the molecule is C=CCNC(=S)N(Cc1nc2ccccc2c(=O)[nH]1)C[C@@H]1CCCO1. The van der Waals surface area contributed by atoms with E-state index >= 15 is 0 Å². The number of thiocarbonyl (C=S) groups is 1. The van der Waals surface area contributed by atoms with Crippen molar-refractivity contribution in [1.82, 2.24) is 20.2 Å². The summed E-state index contributed by atoms with van der Waals surface area (Å²) in [5, 5.41) is 4.33. The van der Waals surface area contributed by atoms with Gasteiger partial charge in [0.15, 0.2) is 5.11 Å². The van der Waals surface area contributed by atoms with Crippen LogP contribution < -0.4 is 10.9 Å². The average molecular weight is 358 g/mol. The van der Waals surface area contributed by atoms with E-state index in [4.69, 9.17) is 17.0 Å². The first-order valence-corrected chi connectivity index (χ1v) is 8.81. The van der Waals surface area contributed by atoms with Crippen LogP contribution in [0.5, 0.6) is 0 Å². The maximum Gasteiger partial charge on any atom is 0.258 e. The van der Waals surface area contributed by atoms with Gasteiger partial charge >= 0.3 is 0 Å². The van der Waals surface area contributed by atoms with E-state index in [1.54, 1.807) is 12.1 Å². The topological polar surface area (TPSA) is 70.2 Å². The monoisotopic (exact) mass is 358 g/mol. The highest BCUT2D eigenvalue weighted by atomic mass is 32.1. The molecule has 7 heteroatoms. The van der Waals surface area contributed by atoms with Crippen molar-refractivity contribution in [2.45, 2.75) is 25.5 Å². The Labute approximate surface area is 151 Å². The smallest absolute Gasteiger partial charge is 0.258 e. The second kappa shape index (κ2) is 8.22. The molecule has 0 aliphatic carbocycles. The molecule has 0 amide bonds. The molecule has 1 fully saturated rings. The van der Waals surface area contributed by atoms with Crippen molar-refractivity contribution >= 4 is 28.2 Å². The van der Waals surface area contributed by atoms with Gasteiger partial charge in [-0.3, -0.25) is 4.79 Å². The Morgan fingerprint density at radius 3 is 3.12 bits per heavy atom. The molecular weight excluding hydrogens is 336 g/mol. The fourth-order valence-corrected chi connectivity index (χ4v) is 3.14. The number of hydrogen-bond acceptors (Lipinski definition) is 4. The molecule has 132 valence electrons. The second-order valence-electron chi connectivity index (χ2n) is 6.02. The number of para-hydroxylation sites is 1. The highest BCUT2D eigenvalue weighted by molar-refractivity contribution is 7.80. The summed E-state index contributed by atoms with van der Waals surface area (Å²) in [6.45, 7) is 6.16. The Balaban J connectivity index is 1.81. The summed E-state index contributed by atoms with van der Waals surface area (Å²) in [5.41, 5.74) is 0.547. The number of H-pyrrole nitrogens is 1. The maximum atomic E-state index is 12.3. The van der Waals surface area contributed by atoms with Crippen molar-refractivity contribution in [2.75, 3.05) is 19.7 Å². The molecule has 1 aromatic carbocycles. The van der Waals surface area contributed by atoms with Gasteiger partial charge in [0.05, 0.1) is 23.6 Å².